The van der Waals surface area contributed by atoms with Crippen LogP contribution in [0.3, 0.4) is 0 Å². The zero-order valence-electron chi connectivity index (χ0n) is 11.5. The van der Waals surface area contributed by atoms with E-state index < -0.39 is 9.84 Å². The molecule has 5 heteroatoms. The highest BCUT2D eigenvalue weighted by Gasteiger charge is 2.13. The molecule has 0 aliphatic carbocycles. The largest absolute Gasteiger partial charge is 0.382 e. The average molecular weight is 270 g/mol. The van der Waals surface area contributed by atoms with Gasteiger partial charge in [-0.15, -0.1) is 0 Å². The van der Waals surface area contributed by atoms with E-state index in [-0.39, 0.29) is 17.5 Å². The van der Waals surface area contributed by atoms with Crippen molar-refractivity contribution in [3.63, 3.8) is 0 Å². The lowest BCUT2D eigenvalue weighted by Gasteiger charge is -2.17. The molecule has 102 valence electrons. The lowest BCUT2D eigenvalue weighted by Crippen LogP contribution is -2.26. The van der Waals surface area contributed by atoms with Crippen molar-refractivity contribution in [2.24, 2.45) is 0 Å². The van der Waals surface area contributed by atoms with Crippen LogP contribution in [0, 0.1) is 0 Å². The SMILES string of the molecule is CCS(=O)(=O)CC(C)Nc1ccc(N(C)C)cc1. The van der Waals surface area contributed by atoms with Gasteiger partial charge in [0, 0.05) is 37.3 Å². The van der Waals surface area contributed by atoms with Crippen LogP contribution in [0.1, 0.15) is 13.8 Å². The fourth-order valence-corrected chi connectivity index (χ4v) is 2.76. The van der Waals surface area contributed by atoms with E-state index in [2.05, 4.69) is 5.32 Å². The van der Waals surface area contributed by atoms with Crippen molar-refractivity contribution >= 4 is 21.2 Å². The quantitative estimate of drug-likeness (QED) is 0.859. The molecule has 0 aromatic heterocycles. The fourth-order valence-electron chi connectivity index (χ4n) is 1.68. The summed E-state index contributed by atoms with van der Waals surface area (Å²) in [4.78, 5) is 2.02. The third-order valence-corrected chi connectivity index (χ3v) is 4.63. The smallest absolute Gasteiger partial charge is 0.152 e. The van der Waals surface area contributed by atoms with Crippen LogP contribution in [-0.4, -0.2) is 40.1 Å². The maximum Gasteiger partial charge on any atom is 0.152 e. The molecule has 18 heavy (non-hydrogen) atoms. The molecule has 0 spiro atoms. The Morgan fingerprint density at radius 1 is 1.22 bits per heavy atom. The van der Waals surface area contributed by atoms with E-state index in [0.29, 0.717) is 0 Å². The van der Waals surface area contributed by atoms with E-state index in [1.165, 1.54) is 0 Å². The number of anilines is 2. The summed E-state index contributed by atoms with van der Waals surface area (Å²) >= 11 is 0. The molecule has 0 radical (unpaired) electrons. The number of nitrogens with zero attached hydrogens (tertiary/aromatic N) is 1. The summed E-state index contributed by atoms with van der Waals surface area (Å²) < 4.78 is 23.0. The van der Waals surface area contributed by atoms with Crippen LogP contribution in [-0.2, 0) is 9.84 Å². The van der Waals surface area contributed by atoms with Gasteiger partial charge in [0.1, 0.15) is 0 Å². The van der Waals surface area contributed by atoms with Crippen molar-refractivity contribution in [2.45, 2.75) is 19.9 Å². The lowest BCUT2D eigenvalue weighted by atomic mass is 10.2. The summed E-state index contributed by atoms with van der Waals surface area (Å²) in [6.45, 7) is 3.56. The third kappa shape index (κ3) is 4.56. The standard InChI is InChI=1S/C13H22N2O2S/c1-5-18(16,17)10-11(2)14-12-6-8-13(9-7-12)15(3)4/h6-9,11,14H,5,10H2,1-4H3. The number of rotatable bonds is 6. The van der Waals surface area contributed by atoms with Gasteiger partial charge in [0.25, 0.3) is 0 Å². The molecule has 1 unspecified atom stereocenters. The summed E-state index contributed by atoms with van der Waals surface area (Å²) in [5, 5.41) is 3.20. The monoisotopic (exact) mass is 270 g/mol. The highest BCUT2D eigenvalue weighted by molar-refractivity contribution is 7.91. The highest BCUT2D eigenvalue weighted by Crippen LogP contribution is 2.16. The van der Waals surface area contributed by atoms with Crippen molar-refractivity contribution in [1.82, 2.24) is 0 Å². The van der Waals surface area contributed by atoms with E-state index in [9.17, 15) is 8.42 Å². The van der Waals surface area contributed by atoms with E-state index >= 15 is 0 Å². The molecular weight excluding hydrogens is 248 g/mol. The Balaban J connectivity index is 2.62. The van der Waals surface area contributed by atoms with Crippen molar-refractivity contribution in [3.05, 3.63) is 24.3 Å². The number of hydrogen-bond acceptors (Lipinski definition) is 4. The number of sulfone groups is 1. The van der Waals surface area contributed by atoms with Gasteiger partial charge in [0.15, 0.2) is 9.84 Å². The molecule has 1 aromatic rings. The predicted octanol–water partition coefficient (Wildman–Crippen LogP) is 1.99. The molecule has 0 aliphatic heterocycles. The van der Waals surface area contributed by atoms with Crippen molar-refractivity contribution in [1.29, 1.82) is 0 Å². The second-order valence-electron chi connectivity index (χ2n) is 4.69. The van der Waals surface area contributed by atoms with Crippen LogP contribution in [0.5, 0.6) is 0 Å². The van der Waals surface area contributed by atoms with Crippen LogP contribution in [0.2, 0.25) is 0 Å². The van der Waals surface area contributed by atoms with E-state index in [0.717, 1.165) is 11.4 Å². The Hall–Kier alpha value is -1.23. The topological polar surface area (TPSA) is 49.4 Å². The van der Waals surface area contributed by atoms with Crippen LogP contribution >= 0.6 is 0 Å². The van der Waals surface area contributed by atoms with Crippen molar-refractivity contribution in [2.75, 3.05) is 35.8 Å². The van der Waals surface area contributed by atoms with Crippen LogP contribution in [0.25, 0.3) is 0 Å². The van der Waals surface area contributed by atoms with Crippen molar-refractivity contribution < 1.29 is 8.42 Å². The zero-order valence-corrected chi connectivity index (χ0v) is 12.3. The number of benzene rings is 1. The maximum absolute atomic E-state index is 11.5. The number of nitrogens with one attached hydrogen (secondary N) is 1. The van der Waals surface area contributed by atoms with Crippen molar-refractivity contribution in [3.8, 4) is 0 Å². The molecule has 1 atom stereocenters. The zero-order chi connectivity index (χ0) is 13.8. The summed E-state index contributed by atoms with van der Waals surface area (Å²) in [5.41, 5.74) is 2.06. The molecular formula is C13H22N2O2S. The van der Waals surface area contributed by atoms with Crippen LogP contribution in [0.15, 0.2) is 24.3 Å². The average Bonchev–Trinajstić information content (AvgIpc) is 2.29. The van der Waals surface area contributed by atoms with E-state index in [1.54, 1.807) is 6.92 Å². The molecule has 4 nitrogen and oxygen atoms in total. The number of hydrogen-bond donors (Lipinski definition) is 1. The first-order valence-electron chi connectivity index (χ1n) is 6.08. The molecule has 1 rings (SSSR count). The summed E-state index contributed by atoms with van der Waals surface area (Å²) in [6, 6.07) is 7.85. The minimum Gasteiger partial charge on any atom is -0.382 e. The normalized spacial score (nSPS) is 13.1. The first kappa shape index (κ1) is 14.8. The van der Waals surface area contributed by atoms with Crippen LogP contribution in [0.4, 0.5) is 11.4 Å². The molecule has 0 saturated carbocycles. The summed E-state index contributed by atoms with van der Waals surface area (Å²) in [5.74, 6) is 0.359. The Labute approximate surface area is 110 Å². The molecule has 1 N–H and O–H groups in total. The highest BCUT2D eigenvalue weighted by atomic mass is 32.2. The molecule has 0 saturated heterocycles. The molecule has 0 aliphatic rings. The van der Waals surface area contributed by atoms with Gasteiger partial charge in [-0.3, -0.25) is 0 Å². The van der Waals surface area contributed by atoms with Gasteiger partial charge >= 0.3 is 0 Å². The van der Waals surface area contributed by atoms with Crippen LogP contribution < -0.4 is 10.2 Å². The minimum absolute atomic E-state index is 0.0832. The van der Waals surface area contributed by atoms with Gasteiger partial charge in [0.05, 0.1) is 5.75 Å². The van der Waals surface area contributed by atoms with Gasteiger partial charge in [0.2, 0.25) is 0 Å². The summed E-state index contributed by atoms with van der Waals surface area (Å²) in [7, 11) is 1.04. The fraction of sp³-hybridized carbons (Fsp3) is 0.538. The maximum atomic E-state index is 11.5. The molecule has 0 fully saturated rings. The lowest BCUT2D eigenvalue weighted by molar-refractivity contribution is 0.593. The second kappa shape index (κ2) is 6.09. The van der Waals surface area contributed by atoms with E-state index in [4.69, 9.17) is 0 Å². The third-order valence-electron chi connectivity index (χ3n) is 2.74. The van der Waals surface area contributed by atoms with Gasteiger partial charge in [-0.2, -0.15) is 0 Å². The van der Waals surface area contributed by atoms with Gasteiger partial charge < -0.3 is 10.2 Å². The summed E-state index contributed by atoms with van der Waals surface area (Å²) in [6.07, 6.45) is 0. The Morgan fingerprint density at radius 3 is 2.22 bits per heavy atom. The molecule has 1 aromatic carbocycles. The Morgan fingerprint density at radius 2 is 1.78 bits per heavy atom. The first-order chi connectivity index (χ1) is 8.34. The predicted molar refractivity (Wildman–Crippen MR) is 78.2 cm³/mol. The van der Waals surface area contributed by atoms with Gasteiger partial charge in [-0.1, -0.05) is 6.92 Å². The Kier molecular flexibility index (Phi) is 5.02. The molecule has 0 amide bonds. The Bertz CT molecular complexity index is 466. The second-order valence-corrected chi connectivity index (χ2v) is 7.08. The molecule has 0 heterocycles. The first-order valence-corrected chi connectivity index (χ1v) is 7.90. The van der Waals surface area contributed by atoms with Gasteiger partial charge in [-0.05, 0) is 31.2 Å². The molecule has 0 bridgehead atoms. The minimum atomic E-state index is -2.93. The van der Waals surface area contributed by atoms with E-state index in [1.807, 2.05) is 50.2 Å². The van der Waals surface area contributed by atoms with Gasteiger partial charge in [-0.25, -0.2) is 8.42 Å².